The molecule has 8 aromatic carbocycles. The van der Waals surface area contributed by atoms with Crippen LogP contribution < -0.4 is 9.47 Å². The van der Waals surface area contributed by atoms with Gasteiger partial charge in [-0.1, -0.05) is 97.1 Å². The minimum atomic E-state index is -0.422. The van der Waals surface area contributed by atoms with Crippen molar-refractivity contribution in [3.8, 4) is 56.4 Å². The molecule has 0 N–H and O–H groups in total. The Kier molecular flexibility index (Phi) is 9.31. The topological polar surface area (TPSA) is 71.1 Å². The van der Waals surface area contributed by atoms with Gasteiger partial charge in [-0.05, 0) is 117 Å². The molecule has 0 atom stereocenters. The highest BCUT2D eigenvalue weighted by Crippen LogP contribution is 2.48. The molecule has 8 aromatic rings. The summed E-state index contributed by atoms with van der Waals surface area (Å²) in [6, 6.07) is 55.3. The van der Waals surface area contributed by atoms with Gasteiger partial charge in [-0.2, -0.15) is 0 Å². The van der Waals surface area contributed by atoms with E-state index < -0.39 is 11.9 Å². The third kappa shape index (κ3) is 6.76. The van der Waals surface area contributed by atoms with Crippen molar-refractivity contribution in [2.24, 2.45) is 0 Å². The van der Waals surface area contributed by atoms with Gasteiger partial charge in [-0.25, -0.2) is 9.59 Å². The first-order valence-electron chi connectivity index (χ1n) is 17.5. The summed E-state index contributed by atoms with van der Waals surface area (Å²) in [7, 11) is 2.72. The van der Waals surface area contributed by atoms with Crippen molar-refractivity contribution in [2.45, 2.75) is 0 Å². The molecule has 0 aliphatic rings. The van der Waals surface area contributed by atoms with Gasteiger partial charge in [-0.3, -0.25) is 0 Å². The number of hydrogen-bond donors (Lipinski definition) is 0. The molecule has 0 fully saturated rings. The molecule has 6 nitrogen and oxygen atoms in total. The number of esters is 2. The first-order chi connectivity index (χ1) is 26.5. The van der Waals surface area contributed by atoms with Crippen LogP contribution in [-0.2, 0) is 9.47 Å². The molecule has 0 bridgehead atoms. The third-order valence-electron chi connectivity index (χ3n) is 9.43. The molecule has 0 aliphatic heterocycles. The van der Waals surface area contributed by atoms with E-state index in [1.165, 1.54) is 14.2 Å². The molecule has 6 heteroatoms. The molecule has 0 aliphatic carbocycles. The number of hydrogen-bond acceptors (Lipinski definition) is 6. The van der Waals surface area contributed by atoms with Crippen molar-refractivity contribution in [2.75, 3.05) is 14.2 Å². The van der Waals surface area contributed by atoms with Crippen molar-refractivity contribution in [3.63, 3.8) is 0 Å². The van der Waals surface area contributed by atoms with Crippen LogP contribution >= 0.6 is 0 Å². The fourth-order valence-electron chi connectivity index (χ4n) is 6.73. The van der Waals surface area contributed by atoms with Crippen LogP contribution in [0.2, 0.25) is 0 Å². The van der Waals surface area contributed by atoms with E-state index in [2.05, 4.69) is 72.8 Å². The molecule has 54 heavy (non-hydrogen) atoms. The molecule has 0 saturated heterocycles. The number of rotatable bonds is 9. The van der Waals surface area contributed by atoms with Crippen LogP contribution in [0, 0.1) is 0 Å². The smallest absolute Gasteiger partial charge is 0.337 e. The Morgan fingerprint density at radius 1 is 0.389 bits per heavy atom. The van der Waals surface area contributed by atoms with Gasteiger partial charge in [0.15, 0.2) is 0 Å². The zero-order valence-electron chi connectivity index (χ0n) is 29.6. The summed E-state index contributed by atoms with van der Waals surface area (Å²) in [5.41, 5.74) is 6.94. The lowest BCUT2D eigenvalue weighted by Gasteiger charge is -2.20. The minimum Gasteiger partial charge on any atom is -0.465 e. The molecule has 0 spiro atoms. The van der Waals surface area contributed by atoms with E-state index in [0.29, 0.717) is 34.1 Å². The highest BCUT2D eigenvalue weighted by molar-refractivity contribution is 6.11. The SMILES string of the molecule is COC(=O)c1ccc(Oc2ccc3cc(-c4ccccc4)ccc3c2-c2c(Oc3ccc(C(=O)OC)cc3)ccc3cc(-c4ccccc4)ccc23)cc1. The van der Waals surface area contributed by atoms with Crippen LogP contribution in [0.4, 0.5) is 0 Å². The van der Waals surface area contributed by atoms with Crippen molar-refractivity contribution in [3.05, 3.63) is 181 Å². The summed E-state index contributed by atoms with van der Waals surface area (Å²) in [5.74, 6) is 1.47. The van der Waals surface area contributed by atoms with Gasteiger partial charge in [0.2, 0.25) is 0 Å². The molecule has 0 amide bonds. The number of carbonyl (C=O) groups excluding carboxylic acids is 2. The monoisotopic (exact) mass is 706 g/mol. The summed E-state index contributed by atoms with van der Waals surface area (Å²) in [6.07, 6.45) is 0. The maximum atomic E-state index is 12.2. The van der Waals surface area contributed by atoms with Crippen molar-refractivity contribution < 1.29 is 28.5 Å². The molecule has 0 aromatic heterocycles. The Morgan fingerprint density at radius 2 is 0.778 bits per heavy atom. The second-order valence-electron chi connectivity index (χ2n) is 12.7. The van der Waals surface area contributed by atoms with Gasteiger partial charge >= 0.3 is 11.9 Å². The van der Waals surface area contributed by atoms with Crippen LogP contribution in [0.15, 0.2) is 170 Å². The average Bonchev–Trinajstić information content (AvgIpc) is 3.24. The Morgan fingerprint density at radius 3 is 1.15 bits per heavy atom. The van der Waals surface area contributed by atoms with E-state index in [0.717, 1.165) is 54.9 Å². The summed E-state index contributed by atoms with van der Waals surface area (Å²) >= 11 is 0. The van der Waals surface area contributed by atoms with Gasteiger partial charge in [0.25, 0.3) is 0 Å². The quantitative estimate of drug-likeness (QED) is 0.139. The Labute approximate surface area is 312 Å². The molecular formula is C48H34O6. The first kappa shape index (κ1) is 33.9. The maximum Gasteiger partial charge on any atom is 0.337 e. The minimum absolute atomic E-state index is 0.422. The Bertz CT molecular complexity index is 2450. The third-order valence-corrected chi connectivity index (χ3v) is 9.43. The Balaban J connectivity index is 1.35. The van der Waals surface area contributed by atoms with Crippen LogP contribution in [0.3, 0.4) is 0 Å². The van der Waals surface area contributed by atoms with Gasteiger partial charge in [0, 0.05) is 11.1 Å². The van der Waals surface area contributed by atoms with E-state index in [4.69, 9.17) is 18.9 Å². The van der Waals surface area contributed by atoms with Crippen LogP contribution in [0.1, 0.15) is 20.7 Å². The van der Waals surface area contributed by atoms with Crippen molar-refractivity contribution in [1.29, 1.82) is 0 Å². The van der Waals surface area contributed by atoms with Gasteiger partial charge in [0.1, 0.15) is 23.0 Å². The number of benzene rings is 8. The van der Waals surface area contributed by atoms with Gasteiger partial charge in [0.05, 0.1) is 25.3 Å². The molecule has 262 valence electrons. The standard InChI is InChI=1S/C48H34O6/c1-51-47(49)33-13-21-39(22-14-33)53-43-27-19-37-29-35(31-9-5-3-6-10-31)17-25-41(37)45(43)46-42-26-18-36(32-11-7-4-8-12-32)30-38(42)20-28-44(46)54-40-23-15-34(16-24-40)48(50)52-2/h3-30H,1-2H3. The summed E-state index contributed by atoms with van der Waals surface area (Å²) in [5, 5.41) is 3.96. The zero-order valence-corrected chi connectivity index (χ0v) is 29.6. The van der Waals surface area contributed by atoms with Crippen LogP contribution in [0.25, 0.3) is 54.9 Å². The largest absolute Gasteiger partial charge is 0.465 e. The van der Waals surface area contributed by atoms with E-state index in [1.807, 2.05) is 48.5 Å². The highest BCUT2D eigenvalue weighted by Gasteiger charge is 2.21. The van der Waals surface area contributed by atoms with Crippen molar-refractivity contribution >= 4 is 33.5 Å². The first-order valence-corrected chi connectivity index (χ1v) is 17.5. The van der Waals surface area contributed by atoms with Gasteiger partial charge in [-0.15, -0.1) is 0 Å². The number of carbonyl (C=O) groups is 2. The van der Waals surface area contributed by atoms with Crippen LogP contribution in [0.5, 0.6) is 23.0 Å². The number of fused-ring (bicyclic) bond motifs is 2. The molecule has 0 radical (unpaired) electrons. The second kappa shape index (κ2) is 14.8. The van der Waals surface area contributed by atoms with Crippen LogP contribution in [-0.4, -0.2) is 26.2 Å². The predicted octanol–water partition coefficient (Wildman–Crippen LogP) is 12.2. The molecule has 0 heterocycles. The molecule has 8 rings (SSSR count). The average molecular weight is 707 g/mol. The summed E-state index contributed by atoms with van der Waals surface area (Å²) in [6.45, 7) is 0. The van der Waals surface area contributed by atoms with E-state index >= 15 is 0 Å². The summed E-state index contributed by atoms with van der Waals surface area (Å²) < 4.78 is 23.2. The summed E-state index contributed by atoms with van der Waals surface area (Å²) in [4.78, 5) is 24.4. The predicted molar refractivity (Wildman–Crippen MR) is 213 cm³/mol. The second-order valence-corrected chi connectivity index (χ2v) is 12.7. The van der Waals surface area contributed by atoms with E-state index in [1.54, 1.807) is 48.5 Å². The zero-order chi connectivity index (χ0) is 37.0. The fraction of sp³-hybridized carbons (Fsp3) is 0.0417. The highest BCUT2D eigenvalue weighted by atomic mass is 16.5. The van der Waals surface area contributed by atoms with Crippen molar-refractivity contribution in [1.82, 2.24) is 0 Å². The number of ether oxygens (including phenoxy) is 4. The molecule has 0 unspecified atom stereocenters. The van der Waals surface area contributed by atoms with E-state index in [-0.39, 0.29) is 0 Å². The van der Waals surface area contributed by atoms with E-state index in [9.17, 15) is 9.59 Å². The lowest BCUT2D eigenvalue weighted by molar-refractivity contribution is 0.0592. The maximum absolute atomic E-state index is 12.2. The fourth-order valence-corrected chi connectivity index (χ4v) is 6.73. The molecule has 0 saturated carbocycles. The lowest BCUT2D eigenvalue weighted by Crippen LogP contribution is -2.01. The van der Waals surface area contributed by atoms with Gasteiger partial charge < -0.3 is 18.9 Å². The Hall–Kier alpha value is -7.18. The normalized spacial score (nSPS) is 10.9. The number of methoxy groups -OCH3 is 2. The lowest BCUT2D eigenvalue weighted by atomic mass is 9.90. The molecular weight excluding hydrogens is 673 g/mol.